The predicted octanol–water partition coefficient (Wildman–Crippen LogP) is 3.64. The first-order valence-corrected chi connectivity index (χ1v) is 14.5. The van der Waals surface area contributed by atoms with E-state index in [1.807, 2.05) is 4.90 Å². The summed E-state index contributed by atoms with van der Waals surface area (Å²) in [6.07, 6.45) is 10.3. The van der Waals surface area contributed by atoms with Gasteiger partial charge in [-0.25, -0.2) is 4.79 Å². The number of urea groups is 1. The van der Waals surface area contributed by atoms with E-state index in [0.717, 1.165) is 57.0 Å². The van der Waals surface area contributed by atoms with Crippen LogP contribution in [0.3, 0.4) is 0 Å². The monoisotopic (exact) mass is 527 g/mol. The van der Waals surface area contributed by atoms with Crippen molar-refractivity contribution in [1.82, 2.24) is 20.4 Å². The highest BCUT2D eigenvalue weighted by atomic mass is 35.5. The van der Waals surface area contributed by atoms with Gasteiger partial charge < -0.3 is 10.2 Å². The molecule has 1 aromatic carbocycles. The van der Waals surface area contributed by atoms with Crippen LogP contribution in [0.15, 0.2) is 18.2 Å². The summed E-state index contributed by atoms with van der Waals surface area (Å²) in [7, 11) is 0. The van der Waals surface area contributed by atoms with Crippen LogP contribution in [0.5, 0.6) is 0 Å². The maximum Gasteiger partial charge on any atom is 0.328 e. The first-order valence-electron chi connectivity index (χ1n) is 14.1. The number of hydrogen-bond donors (Lipinski definition) is 2. The summed E-state index contributed by atoms with van der Waals surface area (Å²) in [6.45, 7) is 5.42. The fourth-order valence-corrected chi connectivity index (χ4v) is 7.67. The van der Waals surface area contributed by atoms with Gasteiger partial charge in [0.15, 0.2) is 0 Å². The third-order valence-corrected chi connectivity index (χ3v) is 10.1. The number of carbonyl (C=O) groups is 3. The minimum Gasteiger partial charge on any atom is -0.339 e. The van der Waals surface area contributed by atoms with Gasteiger partial charge in [0.05, 0.1) is 10.7 Å². The second kappa shape index (κ2) is 10.2. The Morgan fingerprint density at radius 3 is 2.35 bits per heavy atom. The molecule has 2 N–H and O–H groups in total. The zero-order valence-corrected chi connectivity index (χ0v) is 22.3. The number of rotatable bonds is 4. The van der Waals surface area contributed by atoms with Gasteiger partial charge in [-0.3, -0.25) is 24.7 Å². The Labute approximate surface area is 224 Å². The number of amides is 4. The lowest BCUT2D eigenvalue weighted by Gasteiger charge is -2.47. The van der Waals surface area contributed by atoms with Crippen molar-refractivity contribution < 1.29 is 14.4 Å². The van der Waals surface area contributed by atoms with Crippen LogP contribution in [0.2, 0.25) is 5.02 Å². The van der Waals surface area contributed by atoms with Crippen LogP contribution in [0.1, 0.15) is 68.1 Å². The summed E-state index contributed by atoms with van der Waals surface area (Å²) in [5.41, 5.74) is 1.40. The lowest BCUT2D eigenvalue weighted by molar-refractivity contribution is -0.120. The number of anilines is 1. The number of carbonyl (C=O) groups excluding carboxylic acids is 3. The zero-order valence-electron chi connectivity index (χ0n) is 21.5. The molecule has 4 aliphatic heterocycles. The number of imide groups is 1. The third kappa shape index (κ3) is 5.00. The number of nitrogens with zero attached hydrogens (tertiary/aromatic N) is 3. The van der Waals surface area contributed by atoms with Crippen molar-refractivity contribution in [2.45, 2.75) is 69.9 Å². The molecular weight excluding hydrogens is 490 g/mol. The van der Waals surface area contributed by atoms with Crippen LogP contribution in [-0.4, -0.2) is 79.0 Å². The van der Waals surface area contributed by atoms with Crippen molar-refractivity contribution in [3.05, 3.63) is 28.8 Å². The summed E-state index contributed by atoms with van der Waals surface area (Å²) in [5, 5.41) is 6.31. The van der Waals surface area contributed by atoms with E-state index in [-0.39, 0.29) is 24.8 Å². The molecule has 1 spiro atoms. The van der Waals surface area contributed by atoms with E-state index < -0.39 is 6.03 Å². The Kier molecular flexibility index (Phi) is 6.92. The number of fused-ring (bicyclic) bond motifs is 2. The Hall–Kier alpha value is -2.16. The first-order chi connectivity index (χ1) is 17.9. The van der Waals surface area contributed by atoms with Crippen molar-refractivity contribution >= 4 is 35.1 Å². The van der Waals surface area contributed by atoms with Crippen LogP contribution in [0, 0.1) is 11.3 Å². The smallest absolute Gasteiger partial charge is 0.328 e. The molecule has 1 aliphatic carbocycles. The van der Waals surface area contributed by atoms with Crippen LogP contribution >= 0.6 is 11.6 Å². The molecule has 2 unspecified atom stereocenters. The minimum atomic E-state index is -0.497. The Morgan fingerprint density at radius 2 is 1.68 bits per heavy atom. The second-order valence-electron chi connectivity index (χ2n) is 11.9. The number of hydrogen-bond acceptors (Lipinski definition) is 5. The van der Waals surface area contributed by atoms with Crippen molar-refractivity contribution in [3.63, 3.8) is 0 Å². The van der Waals surface area contributed by atoms with E-state index in [2.05, 4.69) is 15.5 Å². The second-order valence-corrected chi connectivity index (χ2v) is 12.3. The number of nitrogens with one attached hydrogen (secondary N) is 2. The molecule has 1 saturated carbocycles. The highest BCUT2D eigenvalue weighted by Gasteiger charge is 2.42. The van der Waals surface area contributed by atoms with E-state index >= 15 is 0 Å². The average molecular weight is 528 g/mol. The highest BCUT2D eigenvalue weighted by molar-refractivity contribution is 6.34. The number of likely N-dealkylation sites (tertiary alicyclic amines) is 1. The van der Waals surface area contributed by atoms with E-state index in [0.29, 0.717) is 21.7 Å². The fourth-order valence-electron chi connectivity index (χ4n) is 7.45. The highest BCUT2D eigenvalue weighted by Crippen LogP contribution is 2.47. The average Bonchev–Trinajstić information content (AvgIpc) is 3.10. The first kappa shape index (κ1) is 25.1. The van der Waals surface area contributed by atoms with E-state index in [1.165, 1.54) is 50.0 Å². The number of halogens is 1. The lowest BCUT2D eigenvalue weighted by Crippen LogP contribution is -2.53. The Balaban J connectivity index is 1.04. The number of piperazine rings is 1. The summed E-state index contributed by atoms with van der Waals surface area (Å²) in [6, 6.07) is 6.11. The summed E-state index contributed by atoms with van der Waals surface area (Å²) in [4.78, 5) is 43.4. The van der Waals surface area contributed by atoms with Gasteiger partial charge in [0.2, 0.25) is 5.91 Å². The third-order valence-electron chi connectivity index (χ3n) is 9.82. The standard InChI is InChI=1S/C28H38ClN5O3/c29-23-4-1-20(15-24(23)33-12-7-25(35)31-27(33)37)26(36)32-13-10-28(11-14-32)8-5-19(6-9-28)18-34-21-2-3-22(34)17-30-16-21/h1,4,15,19,21-22,30H,2-3,5-14,16-18H2,(H,31,35,37). The van der Waals surface area contributed by atoms with Gasteiger partial charge in [-0.15, -0.1) is 0 Å². The van der Waals surface area contributed by atoms with E-state index in [4.69, 9.17) is 11.6 Å². The normalized spacial score (nSPS) is 28.6. The van der Waals surface area contributed by atoms with Crippen LogP contribution in [0.25, 0.3) is 0 Å². The topological polar surface area (TPSA) is 85.0 Å². The molecule has 2 atom stereocenters. The Morgan fingerprint density at radius 1 is 0.973 bits per heavy atom. The van der Waals surface area contributed by atoms with Gasteiger partial charge in [0, 0.05) is 63.3 Å². The van der Waals surface area contributed by atoms with Crippen LogP contribution in [-0.2, 0) is 4.79 Å². The summed E-state index contributed by atoms with van der Waals surface area (Å²) in [5.74, 6) is 0.516. The zero-order chi connectivity index (χ0) is 25.6. The minimum absolute atomic E-state index is 0.0101. The van der Waals surface area contributed by atoms with Gasteiger partial charge in [0.25, 0.3) is 5.91 Å². The molecule has 0 aromatic heterocycles. The number of piperidine rings is 1. The molecule has 200 valence electrons. The molecule has 6 rings (SSSR count). The quantitative estimate of drug-likeness (QED) is 0.624. The lowest BCUT2D eigenvalue weighted by atomic mass is 9.65. The van der Waals surface area contributed by atoms with Crippen molar-refractivity contribution in [3.8, 4) is 0 Å². The van der Waals surface area contributed by atoms with E-state index in [1.54, 1.807) is 18.2 Å². The van der Waals surface area contributed by atoms with Gasteiger partial charge >= 0.3 is 6.03 Å². The largest absolute Gasteiger partial charge is 0.339 e. The molecule has 4 amide bonds. The molecule has 9 heteroatoms. The maximum absolute atomic E-state index is 13.4. The van der Waals surface area contributed by atoms with Crippen LogP contribution in [0.4, 0.5) is 10.5 Å². The van der Waals surface area contributed by atoms with Crippen molar-refractivity contribution in [2.75, 3.05) is 44.2 Å². The van der Waals surface area contributed by atoms with E-state index in [9.17, 15) is 14.4 Å². The molecule has 1 aromatic rings. The van der Waals surface area contributed by atoms with Crippen molar-refractivity contribution in [1.29, 1.82) is 0 Å². The molecule has 5 aliphatic rings. The van der Waals surface area contributed by atoms with Crippen LogP contribution < -0.4 is 15.5 Å². The SMILES string of the molecule is O=C1CCN(c2cc(C(=O)N3CCC4(CCC(CN5C6CCC5CNC6)CC4)CC3)ccc2Cl)C(=O)N1. The molecule has 8 nitrogen and oxygen atoms in total. The summed E-state index contributed by atoms with van der Waals surface area (Å²) < 4.78 is 0. The molecule has 4 heterocycles. The molecular formula is C28H38ClN5O3. The summed E-state index contributed by atoms with van der Waals surface area (Å²) >= 11 is 6.37. The van der Waals surface area contributed by atoms with Gasteiger partial charge in [-0.1, -0.05) is 11.6 Å². The maximum atomic E-state index is 13.4. The fraction of sp³-hybridized carbons (Fsp3) is 0.679. The molecule has 5 fully saturated rings. The Bertz CT molecular complexity index is 1050. The van der Waals surface area contributed by atoms with Crippen molar-refractivity contribution in [2.24, 2.45) is 11.3 Å². The van der Waals surface area contributed by atoms with Gasteiger partial charge in [-0.05, 0) is 80.9 Å². The van der Waals surface area contributed by atoms with Gasteiger partial charge in [-0.2, -0.15) is 0 Å². The molecule has 37 heavy (non-hydrogen) atoms. The van der Waals surface area contributed by atoms with Gasteiger partial charge in [0.1, 0.15) is 0 Å². The molecule has 4 saturated heterocycles. The number of benzene rings is 1. The molecule has 2 bridgehead atoms. The molecule has 0 radical (unpaired) electrons. The predicted molar refractivity (Wildman–Crippen MR) is 143 cm³/mol.